The molecule has 30 heavy (non-hydrogen) atoms. The van der Waals surface area contributed by atoms with Gasteiger partial charge in [-0.25, -0.2) is 0 Å². The predicted octanol–water partition coefficient (Wildman–Crippen LogP) is 1.68. The van der Waals surface area contributed by atoms with Gasteiger partial charge in [0.25, 0.3) is 0 Å². The molecule has 1 aromatic carbocycles. The summed E-state index contributed by atoms with van der Waals surface area (Å²) >= 11 is 0. The zero-order valence-electron chi connectivity index (χ0n) is 16.5. The second-order valence-corrected chi connectivity index (χ2v) is 6.94. The number of nitrogens with one attached hydrogen (secondary N) is 1. The van der Waals surface area contributed by atoms with Crippen LogP contribution in [0, 0.1) is 18.8 Å². The number of aromatic nitrogens is 2. The van der Waals surface area contributed by atoms with Gasteiger partial charge >= 0.3 is 6.18 Å². The van der Waals surface area contributed by atoms with Crippen LogP contribution < -0.4 is 5.32 Å². The predicted molar refractivity (Wildman–Crippen MR) is 102 cm³/mol. The van der Waals surface area contributed by atoms with Crippen molar-refractivity contribution in [2.75, 3.05) is 39.3 Å². The molecule has 160 valence electrons. The lowest BCUT2D eigenvalue weighted by atomic mass is 10.1. The fourth-order valence-electron chi connectivity index (χ4n) is 3.02. The van der Waals surface area contributed by atoms with Gasteiger partial charge in [0, 0.05) is 31.7 Å². The van der Waals surface area contributed by atoms with E-state index in [1.54, 1.807) is 6.92 Å². The van der Waals surface area contributed by atoms with E-state index in [0.29, 0.717) is 18.3 Å². The van der Waals surface area contributed by atoms with Crippen LogP contribution in [0.5, 0.6) is 0 Å². The molecule has 1 fully saturated rings. The molecule has 3 rings (SSSR count). The first-order valence-corrected chi connectivity index (χ1v) is 9.46. The Morgan fingerprint density at radius 2 is 1.97 bits per heavy atom. The number of halogens is 3. The van der Waals surface area contributed by atoms with Crippen molar-refractivity contribution in [1.29, 1.82) is 0 Å². The molecule has 1 aliphatic heterocycles. The zero-order chi connectivity index (χ0) is 21.6. The standard InChI is InChI=1S/C20H22F3N5O2/c1-15-25-19(30-26-15)14-28-10-8-27(9-11-28)13-18(29)24-7-3-5-16-4-2-6-17(12-16)20(21,22)23/h2,4,6,12H,7-11,13-14H2,1H3,(H,24,29). The zero-order valence-corrected chi connectivity index (χ0v) is 16.5. The van der Waals surface area contributed by atoms with Crippen molar-refractivity contribution in [2.45, 2.75) is 19.6 Å². The lowest BCUT2D eigenvalue weighted by molar-refractivity contribution is -0.137. The van der Waals surface area contributed by atoms with Gasteiger partial charge in [0.1, 0.15) is 0 Å². The van der Waals surface area contributed by atoms with Gasteiger partial charge in [0.2, 0.25) is 11.8 Å². The quantitative estimate of drug-likeness (QED) is 0.741. The SMILES string of the molecule is Cc1noc(CN2CCN(CC(=O)NCC#Cc3cccc(C(F)(F)F)c3)CC2)n1. The van der Waals surface area contributed by atoms with Crippen LogP contribution in [0.2, 0.25) is 0 Å². The van der Waals surface area contributed by atoms with Crippen LogP contribution in [0.25, 0.3) is 0 Å². The molecule has 0 radical (unpaired) electrons. The first-order valence-electron chi connectivity index (χ1n) is 9.46. The van der Waals surface area contributed by atoms with E-state index in [4.69, 9.17) is 4.52 Å². The van der Waals surface area contributed by atoms with Gasteiger partial charge < -0.3 is 9.84 Å². The highest BCUT2D eigenvalue weighted by Crippen LogP contribution is 2.29. The Balaban J connectivity index is 1.37. The maximum absolute atomic E-state index is 12.7. The summed E-state index contributed by atoms with van der Waals surface area (Å²) in [5, 5.41) is 6.44. The summed E-state index contributed by atoms with van der Waals surface area (Å²) in [6.45, 7) is 5.71. The Bertz CT molecular complexity index is 924. The van der Waals surface area contributed by atoms with Crippen molar-refractivity contribution in [2.24, 2.45) is 0 Å². The Morgan fingerprint density at radius 1 is 1.23 bits per heavy atom. The van der Waals surface area contributed by atoms with Gasteiger partial charge in [-0.05, 0) is 25.1 Å². The maximum Gasteiger partial charge on any atom is 0.416 e. The molecule has 2 heterocycles. The Morgan fingerprint density at radius 3 is 2.63 bits per heavy atom. The summed E-state index contributed by atoms with van der Waals surface area (Å²) in [4.78, 5) is 20.5. The third kappa shape index (κ3) is 6.57. The highest BCUT2D eigenvalue weighted by molar-refractivity contribution is 5.78. The van der Waals surface area contributed by atoms with E-state index in [1.807, 2.05) is 4.90 Å². The normalized spacial score (nSPS) is 15.5. The third-order valence-corrected chi connectivity index (χ3v) is 4.56. The molecule has 0 aliphatic carbocycles. The van der Waals surface area contributed by atoms with Gasteiger partial charge in [0.05, 0.1) is 25.2 Å². The minimum Gasteiger partial charge on any atom is -0.344 e. The number of piperazine rings is 1. The summed E-state index contributed by atoms with van der Waals surface area (Å²) < 4.78 is 43.2. The van der Waals surface area contributed by atoms with E-state index in [2.05, 4.69) is 32.2 Å². The molecular formula is C20H22F3N5O2. The molecule has 0 saturated carbocycles. The second-order valence-electron chi connectivity index (χ2n) is 6.94. The number of aryl methyl sites for hydroxylation is 1. The van der Waals surface area contributed by atoms with E-state index in [0.717, 1.165) is 38.3 Å². The van der Waals surface area contributed by atoms with Crippen LogP contribution in [0.4, 0.5) is 13.2 Å². The molecule has 0 bridgehead atoms. The molecule has 2 aromatic rings. The largest absolute Gasteiger partial charge is 0.416 e. The lowest BCUT2D eigenvalue weighted by Gasteiger charge is -2.33. The number of alkyl halides is 3. The second kappa shape index (κ2) is 9.73. The van der Waals surface area contributed by atoms with Gasteiger partial charge in [0.15, 0.2) is 5.82 Å². The highest BCUT2D eigenvalue weighted by Gasteiger charge is 2.30. The van der Waals surface area contributed by atoms with Crippen molar-refractivity contribution < 1.29 is 22.5 Å². The molecule has 1 aromatic heterocycles. The Labute approximate surface area is 172 Å². The number of hydrogen-bond acceptors (Lipinski definition) is 6. The Kier molecular flexibility index (Phi) is 7.07. The minimum absolute atomic E-state index is 0.0750. The number of benzene rings is 1. The summed E-state index contributed by atoms with van der Waals surface area (Å²) in [6.07, 6.45) is -4.40. The average molecular weight is 421 g/mol. The van der Waals surface area contributed by atoms with Gasteiger partial charge in [-0.3, -0.25) is 14.6 Å². The van der Waals surface area contributed by atoms with Crippen LogP contribution in [-0.4, -0.2) is 65.1 Å². The van der Waals surface area contributed by atoms with Gasteiger partial charge in [-0.15, -0.1) is 0 Å². The van der Waals surface area contributed by atoms with E-state index >= 15 is 0 Å². The van der Waals surface area contributed by atoms with Crippen LogP contribution in [0.1, 0.15) is 22.8 Å². The lowest BCUT2D eigenvalue weighted by Crippen LogP contribution is -2.49. The summed E-state index contributed by atoms with van der Waals surface area (Å²) in [7, 11) is 0. The summed E-state index contributed by atoms with van der Waals surface area (Å²) in [6, 6.07) is 4.80. The van der Waals surface area contributed by atoms with Crippen LogP contribution >= 0.6 is 0 Å². The van der Waals surface area contributed by atoms with E-state index in [9.17, 15) is 18.0 Å². The molecule has 0 spiro atoms. The summed E-state index contributed by atoms with van der Waals surface area (Å²) in [5.41, 5.74) is -0.488. The number of carbonyl (C=O) groups is 1. The van der Waals surface area contributed by atoms with Gasteiger partial charge in [-0.1, -0.05) is 23.1 Å². The monoisotopic (exact) mass is 421 g/mol. The molecule has 1 amide bonds. The number of carbonyl (C=O) groups excluding carboxylic acids is 1. The van der Waals surface area contributed by atoms with Crippen molar-refractivity contribution in [3.8, 4) is 11.8 Å². The molecule has 10 heteroatoms. The summed E-state index contributed by atoms with van der Waals surface area (Å²) in [5.74, 6) is 6.34. The first-order chi connectivity index (χ1) is 14.3. The molecule has 0 atom stereocenters. The molecule has 1 aliphatic rings. The Hall–Kier alpha value is -2.90. The number of nitrogens with zero attached hydrogens (tertiary/aromatic N) is 4. The van der Waals surface area contributed by atoms with Crippen molar-refractivity contribution in [1.82, 2.24) is 25.3 Å². The van der Waals surface area contributed by atoms with Crippen LogP contribution in [0.3, 0.4) is 0 Å². The minimum atomic E-state index is -4.40. The molecule has 0 unspecified atom stereocenters. The van der Waals surface area contributed by atoms with Gasteiger partial charge in [-0.2, -0.15) is 18.2 Å². The average Bonchev–Trinajstić information content (AvgIpc) is 3.11. The van der Waals surface area contributed by atoms with Crippen molar-refractivity contribution >= 4 is 5.91 Å². The number of rotatable bonds is 5. The van der Waals surface area contributed by atoms with Crippen LogP contribution in [0.15, 0.2) is 28.8 Å². The maximum atomic E-state index is 12.7. The van der Waals surface area contributed by atoms with E-state index in [1.165, 1.54) is 12.1 Å². The fourth-order valence-corrected chi connectivity index (χ4v) is 3.02. The molecular weight excluding hydrogens is 399 g/mol. The fraction of sp³-hybridized carbons (Fsp3) is 0.450. The third-order valence-electron chi connectivity index (χ3n) is 4.56. The molecule has 1 saturated heterocycles. The van der Waals surface area contributed by atoms with Crippen molar-refractivity contribution in [3.05, 3.63) is 47.1 Å². The highest BCUT2D eigenvalue weighted by atomic mass is 19.4. The smallest absolute Gasteiger partial charge is 0.344 e. The van der Waals surface area contributed by atoms with E-state index < -0.39 is 11.7 Å². The number of hydrogen-bond donors (Lipinski definition) is 1. The van der Waals surface area contributed by atoms with Crippen LogP contribution in [-0.2, 0) is 17.5 Å². The topological polar surface area (TPSA) is 74.5 Å². The first kappa shape index (κ1) is 21.8. The molecule has 1 N–H and O–H groups in total. The molecule has 7 nitrogen and oxygen atoms in total. The number of amides is 1. The van der Waals surface area contributed by atoms with Crippen molar-refractivity contribution in [3.63, 3.8) is 0 Å². The van der Waals surface area contributed by atoms with E-state index in [-0.39, 0.29) is 24.6 Å².